The lowest BCUT2D eigenvalue weighted by molar-refractivity contribution is -0.143. The van der Waals surface area contributed by atoms with E-state index in [-0.39, 0.29) is 11.5 Å². The molecule has 1 saturated heterocycles. The largest absolute Gasteiger partial charge is 0.342 e. The molecule has 1 amide bonds. The van der Waals surface area contributed by atoms with E-state index in [1.807, 2.05) is 0 Å². The average molecular weight is 295 g/mol. The van der Waals surface area contributed by atoms with E-state index in [9.17, 15) is 4.79 Å². The molecule has 21 heavy (non-hydrogen) atoms. The zero-order valence-corrected chi connectivity index (χ0v) is 14.3. The number of piperidine rings is 1. The Morgan fingerprint density at radius 3 is 2.43 bits per heavy atom. The van der Waals surface area contributed by atoms with Crippen molar-refractivity contribution in [2.45, 2.75) is 65.0 Å². The van der Waals surface area contributed by atoms with Crippen molar-refractivity contribution in [1.82, 2.24) is 9.80 Å². The Kier molecular flexibility index (Phi) is 5.31. The van der Waals surface area contributed by atoms with Gasteiger partial charge in [-0.05, 0) is 59.4 Å². The van der Waals surface area contributed by atoms with Crippen LogP contribution in [0.3, 0.4) is 0 Å². The first-order valence-electron chi connectivity index (χ1n) is 8.60. The van der Waals surface area contributed by atoms with Crippen LogP contribution in [0.15, 0.2) is 0 Å². The molecule has 122 valence electrons. The van der Waals surface area contributed by atoms with Crippen molar-refractivity contribution in [1.29, 1.82) is 0 Å². The Morgan fingerprint density at radius 2 is 1.95 bits per heavy atom. The van der Waals surface area contributed by atoms with Crippen LogP contribution in [0.2, 0.25) is 0 Å². The normalized spacial score (nSPS) is 31.4. The van der Waals surface area contributed by atoms with Gasteiger partial charge >= 0.3 is 0 Å². The molecule has 1 aliphatic heterocycles. The topological polar surface area (TPSA) is 49.6 Å². The zero-order chi connectivity index (χ0) is 15.6. The summed E-state index contributed by atoms with van der Waals surface area (Å²) in [7, 11) is 2.20. The van der Waals surface area contributed by atoms with E-state index in [1.165, 1.54) is 0 Å². The molecule has 0 aromatic rings. The van der Waals surface area contributed by atoms with Gasteiger partial charge in [-0.1, -0.05) is 6.42 Å². The number of rotatable bonds is 4. The molecule has 0 radical (unpaired) electrons. The van der Waals surface area contributed by atoms with Crippen molar-refractivity contribution in [3.8, 4) is 0 Å². The summed E-state index contributed by atoms with van der Waals surface area (Å²) in [4.78, 5) is 17.3. The Hall–Kier alpha value is -0.610. The van der Waals surface area contributed by atoms with Gasteiger partial charge in [0, 0.05) is 31.7 Å². The van der Waals surface area contributed by atoms with Gasteiger partial charge in [0.2, 0.25) is 5.91 Å². The van der Waals surface area contributed by atoms with Crippen LogP contribution in [-0.4, -0.2) is 54.5 Å². The second-order valence-electron chi connectivity index (χ2n) is 7.69. The van der Waals surface area contributed by atoms with E-state index in [2.05, 4.69) is 37.6 Å². The Morgan fingerprint density at radius 1 is 1.33 bits per heavy atom. The van der Waals surface area contributed by atoms with E-state index < -0.39 is 0 Å². The van der Waals surface area contributed by atoms with Gasteiger partial charge in [0.15, 0.2) is 0 Å². The first-order valence-corrected chi connectivity index (χ1v) is 8.60. The number of nitrogens with two attached hydrogens (primary N) is 1. The van der Waals surface area contributed by atoms with Crippen LogP contribution >= 0.6 is 0 Å². The van der Waals surface area contributed by atoms with Gasteiger partial charge in [0.1, 0.15) is 0 Å². The fraction of sp³-hybridized carbons (Fsp3) is 0.941. The summed E-state index contributed by atoms with van der Waals surface area (Å²) in [6.07, 6.45) is 5.32. The van der Waals surface area contributed by atoms with Crippen molar-refractivity contribution in [3.63, 3.8) is 0 Å². The molecule has 2 unspecified atom stereocenters. The standard InChI is InChI=1S/C17H33N3O/c1-13(2)19(4)12-14-7-10-20(11-8-14)16(21)17(3)9-5-6-15(17)18/h13-15H,5-12,18H2,1-4H3. The SMILES string of the molecule is CC(C)N(C)CC1CCN(C(=O)C2(C)CCCC2N)CC1. The van der Waals surface area contributed by atoms with Crippen LogP contribution in [0.1, 0.15) is 52.9 Å². The van der Waals surface area contributed by atoms with E-state index in [0.717, 1.165) is 57.7 Å². The van der Waals surface area contributed by atoms with Crippen molar-refractivity contribution in [2.24, 2.45) is 17.1 Å². The van der Waals surface area contributed by atoms with Crippen LogP contribution in [0.4, 0.5) is 0 Å². The molecule has 2 fully saturated rings. The van der Waals surface area contributed by atoms with E-state index >= 15 is 0 Å². The highest BCUT2D eigenvalue weighted by Gasteiger charge is 2.45. The molecule has 0 bridgehead atoms. The lowest BCUT2D eigenvalue weighted by Gasteiger charge is -2.39. The smallest absolute Gasteiger partial charge is 0.230 e. The molecular weight excluding hydrogens is 262 g/mol. The molecule has 1 saturated carbocycles. The molecular formula is C17H33N3O. The number of hydrogen-bond donors (Lipinski definition) is 1. The van der Waals surface area contributed by atoms with E-state index in [1.54, 1.807) is 0 Å². The summed E-state index contributed by atoms with van der Waals surface area (Å²) in [5, 5.41) is 0. The summed E-state index contributed by atoms with van der Waals surface area (Å²) in [5.74, 6) is 1.04. The van der Waals surface area contributed by atoms with Crippen molar-refractivity contribution in [3.05, 3.63) is 0 Å². The minimum atomic E-state index is -0.304. The summed E-state index contributed by atoms with van der Waals surface area (Å²) < 4.78 is 0. The molecule has 1 aliphatic carbocycles. The number of amides is 1. The summed E-state index contributed by atoms with van der Waals surface area (Å²) >= 11 is 0. The van der Waals surface area contributed by atoms with Crippen LogP contribution in [0, 0.1) is 11.3 Å². The molecule has 2 rings (SSSR count). The van der Waals surface area contributed by atoms with Crippen molar-refractivity contribution in [2.75, 3.05) is 26.7 Å². The Bertz CT molecular complexity index is 363. The lowest BCUT2D eigenvalue weighted by atomic mass is 9.82. The predicted octanol–water partition coefficient (Wildman–Crippen LogP) is 2.08. The molecule has 2 aliphatic rings. The van der Waals surface area contributed by atoms with Gasteiger partial charge in [0.25, 0.3) is 0 Å². The quantitative estimate of drug-likeness (QED) is 0.864. The first kappa shape index (κ1) is 16.8. The number of nitrogens with zero attached hydrogens (tertiary/aromatic N) is 2. The van der Waals surface area contributed by atoms with Crippen LogP contribution in [-0.2, 0) is 4.79 Å². The predicted molar refractivity (Wildman–Crippen MR) is 87.0 cm³/mol. The van der Waals surface area contributed by atoms with Gasteiger partial charge in [-0.2, -0.15) is 0 Å². The zero-order valence-electron chi connectivity index (χ0n) is 14.3. The minimum absolute atomic E-state index is 0.0507. The maximum absolute atomic E-state index is 12.8. The molecule has 0 aromatic carbocycles. The van der Waals surface area contributed by atoms with Gasteiger partial charge in [0.05, 0.1) is 5.41 Å². The minimum Gasteiger partial charge on any atom is -0.342 e. The third-order valence-electron chi connectivity index (χ3n) is 5.85. The fourth-order valence-corrected chi connectivity index (χ4v) is 3.76. The van der Waals surface area contributed by atoms with Gasteiger partial charge in [-0.15, -0.1) is 0 Å². The van der Waals surface area contributed by atoms with Gasteiger partial charge in [-0.3, -0.25) is 4.79 Å². The molecule has 2 atom stereocenters. The summed E-state index contributed by atoms with van der Waals surface area (Å²) in [5.41, 5.74) is 5.89. The number of likely N-dealkylation sites (tertiary alicyclic amines) is 1. The second-order valence-corrected chi connectivity index (χ2v) is 7.69. The average Bonchev–Trinajstić information content (AvgIpc) is 2.80. The van der Waals surface area contributed by atoms with Gasteiger partial charge < -0.3 is 15.5 Å². The number of carbonyl (C=O) groups excluding carboxylic acids is 1. The molecule has 4 nitrogen and oxygen atoms in total. The third-order valence-corrected chi connectivity index (χ3v) is 5.85. The van der Waals surface area contributed by atoms with Crippen LogP contribution in [0.5, 0.6) is 0 Å². The molecule has 4 heteroatoms. The van der Waals surface area contributed by atoms with E-state index in [0.29, 0.717) is 11.9 Å². The molecule has 2 N–H and O–H groups in total. The first-order chi connectivity index (χ1) is 9.84. The third kappa shape index (κ3) is 3.59. The number of hydrogen-bond acceptors (Lipinski definition) is 3. The van der Waals surface area contributed by atoms with Crippen molar-refractivity contribution < 1.29 is 4.79 Å². The molecule has 1 heterocycles. The maximum atomic E-state index is 12.8. The Balaban J connectivity index is 1.85. The highest BCUT2D eigenvalue weighted by Crippen LogP contribution is 2.39. The summed E-state index contributed by atoms with van der Waals surface area (Å²) in [6.45, 7) is 9.53. The monoisotopic (exact) mass is 295 g/mol. The molecule has 0 spiro atoms. The number of carbonyl (C=O) groups is 1. The highest BCUT2D eigenvalue weighted by atomic mass is 16.2. The van der Waals surface area contributed by atoms with Gasteiger partial charge in [-0.25, -0.2) is 0 Å². The van der Waals surface area contributed by atoms with Crippen molar-refractivity contribution >= 4 is 5.91 Å². The Labute approximate surface area is 130 Å². The van der Waals surface area contributed by atoms with Crippen LogP contribution < -0.4 is 5.73 Å². The highest BCUT2D eigenvalue weighted by molar-refractivity contribution is 5.83. The lowest BCUT2D eigenvalue weighted by Crippen LogP contribution is -2.52. The fourth-order valence-electron chi connectivity index (χ4n) is 3.76. The van der Waals surface area contributed by atoms with Crippen LogP contribution in [0.25, 0.3) is 0 Å². The van der Waals surface area contributed by atoms with E-state index in [4.69, 9.17) is 5.73 Å². The second kappa shape index (κ2) is 6.66. The molecule has 0 aromatic heterocycles. The maximum Gasteiger partial charge on any atom is 0.230 e. The summed E-state index contributed by atoms with van der Waals surface area (Å²) in [6, 6.07) is 0.648.